The van der Waals surface area contributed by atoms with Crippen molar-refractivity contribution in [1.29, 1.82) is 0 Å². The first-order chi connectivity index (χ1) is 24.0. The van der Waals surface area contributed by atoms with E-state index in [1.54, 1.807) is 0 Å². The molecule has 6 heteroatoms. The number of hydrogen-bond donors (Lipinski definition) is 1. The van der Waals surface area contributed by atoms with E-state index in [0.29, 0.717) is 11.8 Å². The number of benzene rings is 1. The molecule has 3 rings (SSSR count). The maximum Gasteiger partial charge on any atom is 0.323 e. The number of carbonyl (C=O) groups is 1. The van der Waals surface area contributed by atoms with Crippen LogP contribution in [0.5, 0.6) is 11.5 Å². The van der Waals surface area contributed by atoms with Crippen molar-refractivity contribution in [1.82, 2.24) is 4.90 Å². The van der Waals surface area contributed by atoms with Crippen LogP contribution in [0.25, 0.3) is 0 Å². The van der Waals surface area contributed by atoms with Gasteiger partial charge in [0.1, 0.15) is 12.1 Å². The Hall–Kier alpha value is -1.79. The SMILES string of the molecule is [2H]c1c2c(c([2H])c(OC)c1OC([2H])([2H])[2H])C1N(CC2)C([2H])([2H])C([2H])(C([2H])([2H])C([2H])(C)C([2H])([2H])[2H])C([2H])(OC(=O)[C@@]([2H])(N)C([2H])(C([2H])([2H])[2H])C([2H])([2H])[2H])C1([2H])[2H]. The Morgan fingerprint density at radius 2 is 2.27 bits per heavy atom. The lowest BCUT2D eigenvalue weighted by Crippen LogP contribution is -2.51. The van der Waals surface area contributed by atoms with Crippen molar-refractivity contribution in [2.24, 2.45) is 23.4 Å². The summed E-state index contributed by atoms with van der Waals surface area (Å²) in [5, 5.41) is 0. The van der Waals surface area contributed by atoms with E-state index in [0.717, 1.165) is 7.11 Å². The van der Waals surface area contributed by atoms with E-state index in [1.807, 2.05) is 0 Å². The Morgan fingerprint density at radius 1 is 1.47 bits per heavy atom. The molecule has 168 valence electrons. The Bertz CT molecular complexity index is 1680. The van der Waals surface area contributed by atoms with Crippen molar-refractivity contribution < 1.29 is 53.3 Å². The van der Waals surface area contributed by atoms with E-state index < -0.39 is 136 Å². The zero-order valence-corrected chi connectivity index (χ0v) is 16.1. The molecule has 0 radical (unpaired) electrons. The topological polar surface area (TPSA) is 74.0 Å². The molecule has 2 aliphatic heterocycles. The largest absolute Gasteiger partial charge is 0.493 e. The Balaban J connectivity index is 2.61. The highest BCUT2D eigenvalue weighted by molar-refractivity contribution is 5.76. The van der Waals surface area contributed by atoms with Crippen molar-refractivity contribution in [2.75, 3.05) is 27.2 Å². The van der Waals surface area contributed by atoms with Crippen molar-refractivity contribution >= 4 is 5.97 Å². The van der Waals surface area contributed by atoms with E-state index in [4.69, 9.17) is 46.0 Å². The van der Waals surface area contributed by atoms with Gasteiger partial charge in [-0.15, -0.1) is 0 Å². The predicted octanol–water partition coefficient (Wildman–Crippen LogP) is 3.56. The number of hydrogen-bond acceptors (Lipinski definition) is 6. The third-order valence-electron chi connectivity index (χ3n) is 4.28. The van der Waals surface area contributed by atoms with Crippen LogP contribution in [-0.4, -0.2) is 50.2 Å². The van der Waals surface area contributed by atoms with Crippen LogP contribution in [0.2, 0.25) is 0 Å². The summed E-state index contributed by atoms with van der Waals surface area (Å²) in [5.74, 6) is -17.2. The van der Waals surface area contributed by atoms with Gasteiger partial charge >= 0.3 is 5.97 Å². The van der Waals surface area contributed by atoms with E-state index in [2.05, 4.69) is 0 Å². The van der Waals surface area contributed by atoms with Gasteiger partial charge in [0.05, 0.1) is 23.7 Å². The lowest BCUT2D eigenvalue weighted by atomic mass is 9.79. The van der Waals surface area contributed by atoms with Gasteiger partial charge in [-0.05, 0) is 47.8 Å². The van der Waals surface area contributed by atoms with E-state index in [9.17, 15) is 13.0 Å². The molecule has 2 N–H and O–H groups in total. The lowest BCUT2D eigenvalue weighted by molar-refractivity contribution is -0.160. The molecule has 0 aromatic heterocycles. The summed E-state index contributed by atoms with van der Waals surface area (Å²) in [6.07, 6.45) is -13.9. The number of nitrogens with zero attached hydrogens (tertiary/aromatic N) is 1. The van der Waals surface area contributed by atoms with Crippen LogP contribution >= 0.6 is 0 Å². The second-order valence-electron chi connectivity index (χ2n) is 6.34. The highest BCUT2D eigenvalue weighted by atomic mass is 16.5. The molecule has 4 unspecified atom stereocenters. The number of ether oxygens (including phenoxy) is 3. The summed E-state index contributed by atoms with van der Waals surface area (Å²) in [6, 6.07) is -8.91. The molecule has 5 atom stereocenters. The van der Waals surface area contributed by atoms with E-state index >= 15 is 0 Å². The Morgan fingerprint density at radius 3 is 2.97 bits per heavy atom. The molecule has 6 nitrogen and oxygen atoms in total. The first-order valence-corrected chi connectivity index (χ1v) is 8.65. The zero-order valence-electron chi connectivity index (χ0n) is 41.1. The minimum atomic E-state index is -4.71. The van der Waals surface area contributed by atoms with Gasteiger partial charge in [-0.1, -0.05) is 27.5 Å². The first-order valence-electron chi connectivity index (χ1n) is 21.2. The van der Waals surface area contributed by atoms with Crippen molar-refractivity contribution in [3.05, 3.63) is 23.2 Å². The molecule has 0 amide bonds. The maximum absolute atomic E-state index is 13.9. The molecule has 30 heavy (non-hydrogen) atoms. The maximum atomic E-state index is 13.9. The highest BCUT2D eigenvalue weighted by Gasteiger charge is 2.41. The standard InChI is InChI=1S/C24H38N2O4/c1-14(2)9-17-13-26-8-7-16-10-21(28-5)22(29-6)11-18(16)19(26)12-20(17)30-24(27)23(25)15(3)4/h10-11,14-15,17,19-20,23H,7-9,12-13,25H2,1-6H3/t17?,19?,20?,23-/m0/s1/i1D3,3D3,4D3,5D3,9D2,10D,11D,12D2,13D2,14D,15D,17D,20D,23D/t14?,17?,19?,20?,23-. The second kappa shape index (κ2) is 9.56. The fourth-order valence-electron chi connectivity index (χ4n) is 2.94. The number of rotatable bonds is 7. The highest BCUT2D eigenvalue weighted by Crippen LogP contribution is 2.44. The van der Waals surface area contributed by atoms with Gasteiger partial charge in [0, 0.05) is 56.0 Å². The molecule has 1 aromatic rings. The van der Waals surface area contributed by atoms with Crippen LogP contribution < -0.4 is 15.2 Å². The number of fused-ring (bicyclic) bond motifs is 3. The molecular weight excluding hydrogens is 380 g/mol. The van der Waals surface area contributed by atoms with Crippen LogP contribution in [0.15, 0.2) is 12.1 Å². The van der Waals surface area contributed by atoms with Crippen molar-refractivity contribution in [3.63, 3.8) is 0 Å². The molecule has 2 aliphatic rings. The molecule has 1 aromatic carbocycles. The monoisotopic (exact) mass is 443 g/mol. The smallest absolute Gasteiger partial charge is 0.323 e. The molecular formula is C24H38N2O4. The molecule has 0 aliphatic carbocycles. The fraction of sp³-hybridized carbons (Fsp3) is 0.708. The molecule has 2 heterocycles. The minimum Gasteiger partial charge on any atom is -0.493 e. The van der Waals surface area contributed by atoms with Gasteiger partial charge in [0.2, 0.25) is 0 Å². The third-order valence-corrected chi connectivity index (χ3v) is 4.28. The third kappa shape index (κ3) is 4.75. The van der Waals surface area contributed by atoms with Gasteiger partial charge in [0.25, 0.3) is 0 Å². The molecule has 0 bridgehead atoms. The van der Waals surface area contributed by atoms with E-state index in [-0.39, 0.29) is 0 Å². The summed E-state index contributed by atoms with van der Waals surface area (Å²) in [4.78, 5) is 14.3. The Kier molecular flexibility index (Phi) is 2.18. The average Bonchev–Trinajstić information content (AvgIpc) is 2.98. The Labute approximate surface area is 216 Å². The first kappa shape index (κ1) is 6.85. The average molecular weight is 444 g/mol. The lowest BCUT2D eigenvalue weighted by Gasteiger charge is -2.47. The number of piperidine rings is 1. The summed E-state index contributed by atoms with van der Waals surface area (Å²) in [7, 11) is -2.38. The quantitative estimate of drug-likeness (QED) is 0.650. The van der Waals surface area contributed by atoms with Crippen LogP contribution in [0.4, 0.5) is 0 Å². The molecule has 0 saturated carbocycles. The summed E-state index contributed by atoms with van der Waals surface area (Å²) < 4.78 is 224. The second-order valence-corrected chi connectivity index (χ2v) is 6.34. The fourth-order valence-corrected chi connectivity index (χ4v) is 2.94. The minimum absolute atomic E-state index is 0.327. The number of nitrogens with two attached hydrogens (primary N) is 1. The van der Waals surface area contributed by atoms with Gasteiger partial charge in [-0.25, -0.2) is 0 Å². The predicted molar refractivity (Wildman–Crippen MR) is 118 cm³/mol. The summed E-state index contributed by atoms with van der Waals surface area (Å²) in [6.45, 7) is -16.8. The summed E-state index contributed by atoms with van der Waals surface area (Å²) in [5.41, 5.74) is 4.37. The molecule has 0 spiro atoms. The van der Waals surface area contributed by atoms with Gasteiger partial charge in [0.15, 0.2) is 11.5 Å². The van der Waals surface area contributed by atoms with E-state index in [1.165, 1.54) is 0 Å². The molecule has 1 fully saturated rings. The zero-order chi connectivity index (χ0) is 43.7. The summed E-state index contributed by atoms with van der Waals surface area (Å²) >= 11 is 0. The van der Waals surface area contributed by atoms with Crippen LogP contribution in [0.1, 0.15) is 91.7 Å². The van der Waals surface area contributed by atoms with Gasteiger partial charge < -0.3 is 19.9 Å². The number of carbonyl (C=O) groups excluding carboxylic acids is 1. The van der Waals surface area contributed by atoms with Gasteiger partial charge in [-0.3, -0.25) is 9.69 Å². The van der Waals surface area contributed by atoms with Crippen LogP contribution in [-0.2, 0) is 16.0 Å². The number of esters is 1. The van der Waals surface area contributed by atoms with Crippen LogP contribution in [0, 0.1) is 17.7 Å². The van der Waals surface area contributed by atoms with Crippen molar-refractivity contribution in [3.8, 4) is 11.5 Å². The van der Waals surface area contributed by atoms with Crippen molar-refractivity contribution in [2.45, 2.75) is 64.8 Å². The van der Waals surface area contributed by atoms with Gasteiger partial charge in [-0.2, -0.15) is 0 Å². The van der Waals surface area contributed by atoms with Crippen LogP contribution in [0.3, 0.4) is 0 Å². The molecule has 1 saturated heterocycles. The number of methoxy groups -OCH3 is 2. The normalized spacial score (nSPS) is 50.9.